The van der Waals surface area contributed by atoms with Crippen LogP contribution < -0.4 is 10.1 Å². The second kappa shape index (κ2) is 6.95. The van der Waals surface area contributed by atoms with E-state index in [2.05, 4.69) is 10.1 Å². The van der Waals surface area contributed by atoms with E-state index in [1.54, 1.807) is 6.07 Å². The van der Waals surface area contributed by atoms with Crippen molar-refractivity contribution in [3.63, 3.8) is 0 Å². The predicted molar refractivity (Wildman–Crippen MR) is 70.5 cm³/mol. The monoisotopic (exact) mass is 291 g/mol. The van der Waals surface area contributed by atoms with Gasteiger partial charge in [-0.05, 0) is 38.5 Å². The lowest BCUT2D eigenvalue weighted by molar-refractivity contribution is -0.274. The Bertz CT molecular complexity index is 419. The molecule has 0 bridgehead atoms. The first kappa shape index (κ1) is 16.8. The van der Waals surface area contributed by atoms with Gasteiger partial charge in [-0.15, -0.1) is 13.2 Å². The SMILES string of the molecule is CCOC(C)(C)CNCc1cccc(OC(F)(F)F)c1. The number of alkyl halides is 3. The molecule has 0 atom stereocenters. The van der Waals surface area contributed by atoms with E-state index in [0.29, 0.717) is 19.7 Å². The smallest absolute Gasteiger partial charge is 0.406 e. The van der Waals surface area contributed by atoms with Gasteiger partial charge < -0.3 is 14.8 Å². The number of benzene rings is 1. The molecule has 0 saturated carbocycles. The normalized spacial score (nSPS) is 12.5. The average molecular weight is 291 g/mol. The first-order valence-corrected chi connectivity index (χ1v) is 6.41. The lowest BCUT2D eigenvalue weighted by Gasteiger charge is -2.25. The van der Waals surface area contributed by atoms with Crippen molar-refractivity contribution in [2.45, 2.75) is 39.3 Å². The van der Waals surface area contributed by atoms with Gasteiger partial charge in [0.15, 0.2) is 0 Å². The van der Waals surface area contributed by atoms with E-state index in [9.17, 15) is 13.2 Å². The van der Waals surface area contributed by atoms with E-state index in [0.717, 1.165) is 5.56 Å². The van der Waals surface area contributed by atoms with Crippen molar-refractivity contribution < 1.29 is 22.6 Å². The summed E-state index contributed by atoms with van der Waals surface area (Å²) in [5, 5.41) is 3.16. The van der Waals surface area contributed by atoms with Crippen LogP contribution in [0.25, 0.3) is 0 Å². The van der Waals surface area contributed by atoms with Gasteiger partial charge in [0, 0.05) is 19.7 Å². The van der Waals surface area contributed by atoms with Crippen molar-refractivity contribution in [1.82, 2.24) is 5.32 Å². The summed E-state index contributed by atoms with van der Waals surface area (Å²) in [4.78, 5) is 0. The quantitative estimate of drug-likeness (QED) is 0.834. The molecular weight excluding hydrogens is 271 g/mol. The summed E-state index contributed by atoms with van der Waals surface area (Å²) in [6.07, 6.45) is -4.66. The molecule has 1 N–H and O–H groups in total. The molecule has 0 aliphatic carbocycles. The van der Waals surface area contributed by atoms with Gasteiger partial charge in [-0.2, -0.15) is 0 Å². The van der Waals surface area contributed by atoms with Crippen LogP contribution in [0.2, 0.25) is 0 Å². The maximum atomic E-state index is 12.1. The number of hydrogen-bond donors (Lipinski definition) is 1. The van der Waals surface area contributed by atoms with Crippen molar-refractivity contribution in [2.24, 2.45) is 0 Å². The van der Waals surface area contributed by atoms with E-state index in [-0.39, 0.29) is 11.4 Å². The van der Waals surface area contributed by atoms with E-state index >= 15 is 0 Å². The van der Waals surface area contributed by atoms with E-state index in [1.807, 2.05) is 20.8 Å². The molecule has 6 heteroatoms. The fourth-order valence-electron chi connectivity index (χ4n) is 1.80. The summed E-state index contributed by atoms with van der Waals surface area (Å²) >= 11 is 0. The first-order valence-electron chi connectivity index (χ1n) is 6.41. The van der Waals surface area contributed by atoms with Crippen molar-refractivity contribution in [3.8, 4) is 5.75 Å². The van der Waals surface area contributed by atoms with Crippen LogP contribution in [0.1, 0.15) is 26.3 Å². The molecule has 0 aromatic heterocycles. The van der Waals surface area contributed by atoms with Crippen molar-refractivity contribution in [2.75, 3.05) is 13.2 Å². The van der Waals surface area contributed by atoms with Crippen molar-refractivity contribution in [1.29, 1.82) is 0 Å². The lowest BCUT2D eigenvalue weighted by atomic mass is 10.1. The molecule has 1 rings (SSSR count). The van der Waals surface area contributed by atoms with Gasteiger partial charge in [0.1, 0.15) is 5.75 Å². The van der Waals surface area contributed by atoms with Gasteiger partial charge in [0.25, 0.3) is 0 Å². The Balaban J connectivity index is 2.51. The molecule has 3 nitrogen and oxygen atoms in total. The molecular formula is C14H20F3NO2. The largest absolute Gasteiger partial charge is 0.573 e. The fourth-order valence-corrected chi connectivity index (χ4v) is 1.80. The topological polar surface area (TPSA) is 30.5 Å². The maximum absolute atomic E-state index is 12.1. The third kappa shape index (κ3) is 6.77. The number of ether oxygens (including phenoxy) is 2. The molecule has 0 spiro atoms. The highest BCUT2D eigenvalue weighted by molar-refractivity contribution is 5.28. The molecule has 114 valence electrons. The number of nitrogens with one attached hydrogen (secondary N) is 1. The van der Waals surface area contributed by atoms with Gasteiger partial charge in [-0.3, -0.25) is 0 Å². The van der Waals surface area contributed by atoms with Crippen LogP contribution in [0.5, 0.6) is 5.75 Å². The van der Waals surface area contributed by atoms with Gasteiger partial charge in [-0.1, -0.05) is 12.1 Å². The third-order valence-electron chi connectivity index (χ3n) is 2.55. The van der Waals surface area contributed by atoms with Crippen molar-refractivity contribution in [3.05, 3.63) is 29.8 Å². The molecule has 0 radical (unpaired) electrons. The van der Waals surface area contributed by atoms with Gasteiger partial charge in [-0.25, -0.2) is 0 Å². The molecule has 0 fully saturated rings. The van der Waals surface area contributed by atoms with Crippen LogP contribution in [0.4, 0.5) is 13.2 Å². The minimum Gasteiger partial charge on any atom is -0.406 e. The minimum atomic E-state index is -4.66. The molecule has 1 aromatic carbocycles. The summed E-state index contributed by atoms with van der Waals surface area (Å²) in [7, 11) is 0. The van der Waals surface area contributed by atoms with Crippen LogP contribution >= 0.6 is 0 Å². The molecule has 0 heterocycles. The van der Waals surface area contributed by atoms with Gasteiger partial charge in [0.05, 0.1) is 5.60 Å². The van der Waals surface area contributed by atoms with Gasteiger partial charge >= 0.3 is 6.36 Å². The molecule has 0 saturated heterocycles. The van der Waals surface area contributed by atoms with Crippen LogP contribution in [0, 0.1) is 0 Å². The Kier molecular flexibility index (Phi) is 5.83. The van der Waals surface area contributed by atoms with Crippen molar-refractivity contribution >= 4 is 0 Å². The second-order valence-corrected chi connectivity index (χ2v) is 4.99. The molecule has 0 unspecified atom stereocenters. The zero-order chi connectivity index (χ0) is 15.2. The zero-order valence-corrected chi connectivity index (χ0v) is 11.9. The highest BCUT2D eigenvalue weighted by atomic mass is 19.4. The van der Waals surface area contributed by atoms with Gasteiger partial charge in [0.2, 0.25) is 0 Å². The lowest BCUT2D eigenvalue weighted by Crippen LogP contribution is -2.37. The van der Waals surface area contributed by atoms with E-state index in [4.69, 9.17) is 4.74 Å². The standard InChI is InChI=1S/C14H20F3NO2/c1-4-19-13(2,3)10-18-9-11-6-5-7-12(8-11)20-14(15,16)17/h5-8,18H,4,9-10H2,1-3H3. The summed E-state index contributed by atoms with van der Waals surface area (Å²) in [5.74, 6) is -0.208. The number of hydrogen-bond acceptors (Lipinski definition) is 3. The zero-order valence-electron chi connectivity index (χ0n) is 11.9. The molecule has 0 aliphatic rings. The van der Waals surface area contributed by atoms with Crippen LogP contribution in [-0.4, -0.2) is 25.1 Å². The number of halogens is 3. The minimum absolute atomic E-state index is 0.208. The van der Waals surface area contributed by atoms with Crippen LogP contribution in [0.3, 0.4) is 0 Å². The molecule has 20 heavy (non-hydrogen) atoms. The number of rotatable bonds is 7. The van der Waals surface area contributed by atoms with Crippen LogP contribution in [-0.2, 0) is 11.3 Å². The Hall–Kier alpha value is -1.27. The highest BCUT2D eigenvalue weighted by Gasteiger charge is 2.31. The van der Waals surface area contributed by atoms with Crippen LogP contribution in [0.15, 0.2) is 24.3 Å². The van der Waals surface area contributed by atoms with E-state index < -0.39 is 6.36 Å². The summed E-state index contributed by atoms with van der Waals surface area (Å²) in [6.45, 7) is 7.49. The highest BCUT2D eigenvalue weighted by Crippen LogP contribution is 2.23. The first-order chi connectivity index (χ1) is 9.22. The Morgan fingerprint density at radius 3 is 2.50 bits per heavy atom. The predicted octanol–water partition coefficient (Wildman–Crippen LogP) is 3.49. The Morgan fingerprint density at radius 1 is 1.20 bits per heavy atom. The maximum Gasteiger partial charge on any atom is 0.573 e. The molecule has 0 amide bonds. The fraction of sp³-hybridized carbons (Fsp3) is 0.571. The third-order valence-corrected chi connectivity index (χ3v) is 2.55. The second-order valence-electron chi connectivity index (χ2n) is 4.99. The molecule has 0 aliphatic heterocycles. The average Bonchev–Trinajstić information content (AvgIpc) is 2.26. The Morgan fingerprint density at radius 2 is 1.90 bits per heavy atom. The summed E-state index contributed by atoms with van der Waals surface area (Å²) in [6, 6.07) is 5.92. The Labute approximate surface area is 117 Å². The van der Waals surface area contributed by atoms with E-state index in [1.165, 1.54) is 18.2 Å². The summed E-state index contributed by atoms with van der Waals surface area (Å²) < 4.78 is 45.7. The summed E-state index contributed by atoms with van der Waals surface area (Å²) in [5.41, 5.74) is 0.411. The molecule has 1 aromatic rings.